The topological polar surface area (TPSA) is 115 Å². The molecule has 35 heavy (non-hydrogen) atoms. The molecule has 0 saturated carbocycles. The maximum Gasteiger partial charge on any atom is 0.270 e. The van der Waals surface area contributed by atoms with E-state index in [1.54, 1.807) is 17.5 Å². The summed E-state index contributed by atoms with van der Waals surface area (Å²) < 4.78 is 1.98. The van der Waals surface area contributed by atoms with E-state index in [-0.39, 0.29) is 11.6 Å². The molecule has 3 heterocycles. The highest BCUT2D eigenvalue weighted by atomic mass is 32.2. The van der Waals surface area contributed by atoms with Crippen molar-refractivity contribution < 1.29 is 9.72 Å². The quantitative estimate of drug-likeness (QED) is 0.171. The van der Waals surface area contributed by atoms with E-state index < -0.39 is 10.2 Å². The van der Waals surface area contributed by atoms with Gasteiger partial charge in [-0.05, 0) is 31.0 Å². The molecule has 0 spiro atoms. The summed E-state index contributed by atoms with van der Waals surface area (Å²) in [7, 11) is 0. The summed E-state index contributed by atoms with van der Waals surface area (Å²) in [6, 6.07) is 16.3. The van der Waals surface area contributed by atoms with Crippen molar-refractivity contribution in [2.75, 3.05) is 5.32 Å². The van der Waals surface area contributed by atoms with E-state index in [4.69, 9.17) is 0 Å². The van der Waals surface area contributed by atoms with Gasteiger partial charge in [0.2, 0.25) is 5.91 Å². The number of amides is 1. The molecule has 1 amide bonds. The second kappa shape index (κ2) is 9.43. The fraction of sp³-hybridized carbons (Fsp3) is 0.167. The molecule has 2 aromatic carbocycles. The zero-order valence-corrected chi connectivity index (χ0v) is 20.5. The molecule has 11 heteroatoms. The minimum atomic E-state index is -0.444. The molecule has 0 fully saturated rings. The van der Waals surface area contributed by atoms with E-state index in [1.807, 2.05) is 42.5 Å². The first-order chi connectivity index (χ1) is 16.9. The van der Waals surface area contributed by atoms with Gasteiger partial charge >= 0.3 is 0 Å². The molecule has 0 aliphatic carbocycles. The first-order valence-electron chi connectivity index (χ1n) is 10.9. The van der Waals surface area contributed by atoms with Crippen molar-refractivity contribution in [3.8, 4) is 11.3 Å². The average molecular weight is 505 g/mol. The predicted octanol–water partition coefficient (Wildman–Crippen LogP) is 5.73. The van der Waals surface area contributed by atoms with Crippen molar-refractivity contribution in [3.05, 3.63) is 75.7 Å². The Morgan fingerprint density at radius 3 is 2.83 bits per heavy atom. The van der Waals surface area contributed by atoms with Gasteiger partial charge in [-0.1, -0.05) is 49.0 Å². The highest BCUT2D eigenvalue weighted by Crippen LogP contribution is 2.31. The van der Waals surface area contributed by atoms with Crippen molar-refractivity contribution in [2.24, 2.45) is 0 Å². The van der Waals surface area contributed by atoms with E-state index in [0.29, 0.717) is 28.0 Å². The van der Waals surface area contributed by atoms with Gasteiger partial charge in [0, 0.05) is 28.5 Å². The van der Waals surface area contributed by atoms with Crippen molar-refractivity contribution >= 4 is 56.4 Å². The number of nitro groups is 1. The third-order valence-corrected chi connectivity index (χ3v) is 7.64. The van der Waals surface area contributed by atoms with Crippen LogP contribution in [0.4, 0.5) is 10.8 Å². The zero-order valence-electron chi connectivity index (χ0n) is 18.8. The Bertz CT molecular complexity index is 1580. The van der Waals surface area contributed by atoms with Gasteiger partial charge in [0.1, 0.15) is 0 Å². The van der Waals surface area contributed by atoms with Gasteiger partial charge in [-0.25, -0.2) is 4.98 Å². The summed E-state index contributed by atoms with van der Waals surface area (Å²) in [6.45, 7) is 3.99. The summed E-state index contributed by atoms with van der Waals surface area (Å²) in [6.07, 6.45) is 0.582. The summed E-state index contributed by atoms with van der Waals surface area (Å²) in [4.78, 5) is 28.2. The molecule has 9 nitrogen and oxygen atoms in total. The van der Waals surface area contributed by atoms with Crippen LogP contribution in [0, 0.1) is 17.0 Å². The highest BCUT2D eigenvalue weighted by Gasteiger charge is 2.23. The standard InChI is InChI=1S/C24H20N6O3S2/c1-3-20(35-24-28-27-21-11-14(2)17-9-4-5-10-19(17)29(21)24)22(31)26-23-25-18(13-34-23)15-7-6-8-16(12-15)30(32)33/h4-13,20H,3H2,1-2H3,(H,25,26,31). The number of carbonyl (C=O) groups is 1. The largest absolute Gasteiger partial charge is 0.301 e. The second-order valence-electron chi connectivity index (χ2n) is 7.87. The van der Waals surface area contributed by atoms with Crippen LogP contribution in [0.15, 0.2) is 65.1 Å². The Balaban J connectivity index is 1.37. The maximum absolute atomic E-state index is 13.1. The number of thiazole rings is 1. The number of nitro benzene ring substituents is 1. The molecular weight excluding hydrogens is 484 g/mol. The van der Waals surface area contributed by atoms with Gasteiger partial charge in [0.05, 0.1) is 21.4 Å². The van der Waals surface area contributed by atoms with Gasteiger partial charge in [0.25, 0.3) is 5.69 Å². The predicted molar refractivity (Wildman–Crippen MR) is 138 cm³/mol. The molecule has 0 saturated heterocycles. The molecule has 176 valence electrons. The number of hydrogen-bond acceptors (Lipinski definition) is 8. The van der Waals surface area contributed by atoms with Crippen LogP contribution in [0.1, 0.15) is 18.9 Å². The smallest absolute Gasteiger partial charge is 0.270 e. The number of aryl methyl sites for hydroxylation is 1. The van der Waals surface area contributed by atoms with E-state index in [1.165, 1.54) is 35.2 Å². The van der Waals surface area contributed by atoms with Crippen LogP contribution in [0.2, 0.25) is 0 Å². The average Bonchev–Trinajstić information content (AvgIpc) is 3.49. The van der Waals surface area contributed by atoms with Crippen LogP contribution in [-0.2, 0) is 4.79 Å². The Kier molecular flexibility index (Phi) is 6.18. The summed E-state index contributed by atoms with van der Waals surface area (Å²) >= 11 is 2.63. The number of carbonyl (C=O) groups excluding carboxylic acids is 1. The van der Waals surface area contributed by atoms with Crippen molar-refractivity contribution in [1.29, 1.82) is 0 Å². The number of benzene rings is 2. The highest BCUT2D eigenvalue weighted by molar-refractivity contribution is 8.00. The number of pyridine rings is 1. The van der Waals surface area contributed by atoms with Gasteiger partial charge in [-0.15, -0.1) is 21.5 Å². The van der Waals surface area contributed by atoms with Crippen LogP contribution >= 0.6 is 23.1 Å². The number of nitrogens with zero attached hydrogens (tertiary/aromatic N) is 5. The molecule has 0 aliphatic rings. The van der Waals surface area contributed by atoms with Crippen LogP contribution in [0.25, 0.3) is 27.8 Å². The number of thioether (sulfide) groups is 1. The molecule has 5 rings (SSSR count). The molecule has 1 atom stereocenters. The number of hydrogen-bond donors (Lipinski definition) is 1. The second-order valence-corrected chi connectivity index (χ2v) is 9.90. The zero-order chi connectivity index (χ0) is 24.5. The molecule has 0 radical (unpaired) electrons. The molecule has 0 aliphatic heterocycles. The minimum absolute atomic E-state index is 0.00761. The fourth-order valence-electron chi connectivity index (χ4n) is 3.83. The fourth-order valence-corrected chi connectivity index (χ4v) is 5.52. The molecule has 3 aromatic heterocycles. The molecule has 0 bridgehead atoms. The number of nitrogens with one attached hydrogen (secondary N) is 1. The van der Waals surface area contributed by atoms with Crippen molar-refractivity contribution in [3.63, 3.8) is 0 Å². The van der Waals surface area contributed by atoms with Crippen molar-refractivity contribution in [1.82, 2.24) is 19.6 Å². The number of aromatic nitrogens is 4. The lowest BCUT2D eigenvalue weighted by atomic mass is 10.1. The molecule has 1 unspecified atom stereocenters. The number of anilines is 1. The lowest BCUT2D eigenvalue weighted by Gasteiger charge is -2.13. The Hall–Kier alpha value is -3.83. The molecule has 1 N–H and O–H groups in total. The number of rotatable bonds is 7. The van der Waals surface area contributed by atoms with Crippen LogP contribution in [0.5, 0.6) is 0 Å². The van der Waals surface area contributed by atoms with E-state index in [2.05, 4.69) is 26.6 Å². The Labute approximate surface area is 208 Å². The monoisotopic (exact) mass is 504 g/mol. The van der Waals surface area contributed by atoms with E-state index in [0.717, 1.165) is 22.1 Å². The summed E-state index contributed by atoms with van der Waals surface area (Å²) in [5, 5.41) is 26.2. The third kappa shape index (κ3) is 4.47. The van der Waals surface area contributed by atoms with E-state index in [9.17, 15) is 14.9 Å². The van der Waals surface area contributed by atoms with Crippen LogP contribution < -0.4 is 5.32 Å². The van der Waals surface area contributed by atoms with Crippen molar-refractivity contribution in [2.45, 2.75) is 30.7 Å². The summed E-state index contributed by atoms with van der Waals surface area (Å²) in [5.74, 6) is -0.189. The number of non-ortho nitro benzene ring substituents is 1. The van der Waals surface area contributed by atoms with Crippen LogP contribution in [-0.4, -0.2) is 35.7 Å². The number of para-hydroxylation sites is 1. The van der Waals surface area contributed by atoms with Gasteiger partial charge in [-0.3, -0.25) is 19.3 Å². The lowest BCUT2D eigenvalue weighted by molar-refractivity contribution is -0.384. The molecular formula is C24H20N6O3S2. The lowest BCUT2D eigenvalue weighted by Crippen LogP contribution is -2.24. The van der Waals surface area contributed by atoms with Gasteiger partial charge in [0.15, 0.2) is 15.9 Å². The van der Waals surface area contributed by atoms with E-state index >= 15 is 0 Å². The van der Waals surface area contributed by atoms with Crippen LogP contribution in [0.3, 0.4) is 0 Å². The minimum Gasteiger partial charge on any atom is -0.301 e. The SMILES string of the molecule is CCC(Sc1nnc2cc(C)c3ccccc3n12)C(=O)Nc1nc(-c2cccc([N+](=O)[O-])c2)cs1. The Morgan fingerprint density at radius 2 is 2.03 bits per heavy atom. The first kappa shape index (κ1) is 22.9. The molecule has 5 aromatic rings. The normalized spacial score (nSPS) is 12.2. The Morgan fingerprint density at radius 1 is 1.20 bits per heavy atom. The van der Waals surface area contributed by atoms with Gasteiger partial charge in [-0.2, -0.15) is 0 Å². The number of fused-ring (bicyclic) bond motifs is 3. The summed E-state index contributed by atoms with van der Waals surface area (Å²) in [5.41, 5.74) is 4.03. The third-order valence-electron chi connectivity index (χ3n) is 5.57. The van der Waals surface area contributed by atoms with Gasteiger partial charge < -0.3 is 5.32 Å². The first-order valence-corrected chi connectivity index (χ1v) is 12.6. The maximum atomic E-state index is 13.1.